The third kappa shape index (κ3) is 3.48. The van der Waals surface area contributed by atoms with Gasteiger partial charge < -0.3 is 4.90 Å². The molecule has 0 unspecified atom stereocenters. The molecule has 2 bridgehead atoms. The van der Waals surface area contributed by atoms with Crippen LogP contribution >= 0.6 is 0 Å². The Balaban J connectivity index is 1.57. The molecular formula is C18H23N3O3. The zero-order valence-electron chi connectivity index (χ0n) is 13.9. The zero-order valence-corrected chi connectivity index (χ0v) is 13.9. The molecule has 2 fully saturated rings. The Kier molecular flexibility index (Phi) is 4.94. The van der Waals surface area contributed by atoms with Crippen molar-refractivity contribution < 1.29 is 9.72 Å². The molecule has 0 aliphatic carbocycles. The zero-order chi connectivity index (χ0) is 17.1. The van der Waals surface area contributed by atoms with Gasteiger partial charge in [0.1, 0.15) is 0 Å². The number of likely N-dealkylation sites (tertiary alicyclic amines) is 1. The van der Waals surface area contributed by atoms with Crippen LogP contribution < -0.4 is 0 Å². The van der Waals surface area contributed by atoms with E-state index in [1.807, 2.05) is 17.9 Å². The maximum absolute atomic E-state index is 11.9. The molecule has 2 heterocycles. The van der Waals surface area contributed by atoms with E-state index in [1.165, 1.54) is 12.1 Å². The minimum absolute atomic E-state index is 0.113. The Morgan fingerprint density at radius 1 is 1.25 bits per heavy atom. The van der Waals surface area contributed by atoms with E-state index < -0.39 is 0 Å². The van der Waals surface area contributed by atoms with Crippen LogP contribution in [0.2, 0.25) is 0 Å². The van der Waals surface area contributed by atoms with Gasteiger partial charge in [-0.05, 0) is 30.5 Å². The number of carbonyl (C=O) groups is 1. The van der Waals surface area contributed by atoms with Crippen LogP contribution in [0.25, 0.3) is 6.08 Å². The molecule has 0 aromatic heterocycles. The molecule has 2 atom stereocenters. The first-order valence-electron chi connectivity index (χ1n) is 8.53. The lowest BCUT2D eigenvalue weighted by Crippen LogP contribution is -2.55. The highest BCUT2D eigenvalue weighted by Gasteiger charge is 2.40. The van der Waals surface area contributed by atoms with Gasteiger partial charge in [-0.2, -0.15) is 0 Å². The maximum atomic E-state index is 11.9. The van der Waals surface area contributed by atoms with E-state index in [0.29, 0.717) is 18.5 Å². The van der Waals surface area contributed by atoms with Gasteiger partial charge in [0.25, 0.3) is 5.69 Å². The van der Waals surface area contributed by atoms with E-state index >= 15 is 0 Å². The molecular weight excluding hydrogens is 306 g/mol. The second-order valence-electron chi connectivity index (χ2n) is 6.49. The summed E-state index contributed by atoms with van der Waals surface area (Å²) >= 11 is 0. The van der Waals surface area contributed by atoms with Crippen LogP contribution in [0.5, 0.6) is 0 Å². The Morgan fingerprint density at radius 2 is 1.88 bits per heavy atom. The normalized spacial score (nSPS) is 23.8. The van der Waals surface area contributed by atoms with Gasteiger partial charge in [0.2, 0.25) is 5.91 Å². The topological polar surface area (TPSA) is 66.7 Å². The number of nitrogens with zero attached hydrogens (tertiary/aromatic N) is 3. The summed E-state index contributed by atoms with van der Waals surface area (Å²) in [6.45, 7) is 4.47. The fourth-order valence-corrected chi connectivity index (χ4v) is 3.73. The van der Waals surface area contributed by atoms with Crippen LogP contribution in [-0.2, 0) is 4.79 Å². The molecule has 2 aliphatic rings. The molecule has 24 heavy (non-hydrogen) atoms. The monoisotopic (exact) mass is 329 g/mol. The smallest absolute Gasteiger partial charge is 0.269 e. The first-order valence-corrected chi connectivity index (χ1v) is 8.53. The second-order valence-corrected chi connectivity index (χ2v) is 6.49. The minimum Gasteiger partial charge on any atom is -0.340 e. The van der Waals surface area contributed by atoms with Crippen molar-refractivity contribution in [3.8, 4) is 0 Å². The standard InChI is InChI=1S/C18H23N3O3/c1-2-18(22)19-12-16-9-10-17(13-19)20(16)11-3-4-14-5-7-15(8-6-14)21(23)24/h3-8,16-17H,2,9-13H2,1H3/b4-3+/t16-,17+. The van der Waals surface area contributed by atoms with Crippen molar-refractivity contribution in [1.29, 1.82) is 0 Å². The first kappa shape index (κ1) is 16.6. The van der Waals surface area contributed by atoms with Gasteiger partial charge in [-0.1, -0.05) is 19.1 Å². The summed E-state index contributed by atoms with van der Waals surface area (Å²) in [6, 6.07) is 7.50. The Hall–Kier alpha value is -2.21. The number of non-ortho nitro benzene ring substituents is 1. The van der Waals surface area contributed by atoms with Crippen LogP contribution in [0.1, 0.15) is 31.7 Å². The summed E-state index contributed by atoms with van der Waals surface area (Å²) in [5.74, 6) is 0.257. The number of carbonyl (C=O) groups excluding carboxylic acids is 1. The summed E-state index contributed by atoms with van der Waals surface area (Å²) in [5.41, 5.74) is 1.08. The van der Waals surface area contributed by atoms with Gasteiger partial charge in [-0.15, -0.1) is 0 Å². The Bertz CT molecular complexity index is 627. The maximum Gasteiger partial charge on any atom is 0.269 e. The molecule has 0 radical (unpaired) electrons. The van der Waals surface area contributed by atoms with E-state index in [1.54, 1.807) is 12.1 Å². The van der Waals surface area contributed by atoms with Crippen LogP contribution in [0.3, 0.4) is 0 Å². The van der Waals surface area contributed by atoms with Gasteiger partial charge in [0, 0.05) is 50.3 Å². The highest BCUT2D eigenvalue weighted by Crippen LogP contribution is 2.30. The highest BCUT2D eigenvalue weighted by atomic mass is 16.6. The molecule has 128 valence electrons. The Morgan fingerprint density at radius 3 is 2.42 bits per heavy atom. The molecule has 0 saturated carbocycles. The van der Waals surface area contributed by atoms with Crippen LogP contribution in [0.4, 0.5) is 5.69 Å². The van der Waals surface area contributed by atoms with Gasteiger partial charge >= 0.3 is 0 Å². The molecule has 1 amide bonds. The molecule has 2 aliphatic heterocycles. The number of hydrogen-bond acceptors (Lipinski definition) is 4. The second kappa shape index (κ2) is 7.13. The lowest BCUT2D eigenvalue weighted by molar-refractivity contribution is -0.384. The number of amides is 1. The predicted molar refractivity (Wildman–Crippen MR) is 92.5 cm³/mol. The van der Waals surface area contributed by atoms with E-state index in [0.717, 1.165) is 38.0 Å². The van der Waals surface area contributed by atoms with Crippen molar-refractivity contribution in [2.45, 2.75) is 38.3 Å². The third-order valence-corrected chi connectivity index (χ3v) is 5.02. The molecule has 1 aromatic carbocycles. The average Bonchev–Trinajstić information content (AvgIpc) is 2.82. The minimum atomic E-state index is -0.387. The number of nitro groups is 1. The summed E-state index contributed by atoms with van der Waals surface area (Å²) in [7, 11) is 0. The van der Waals surface area contributed by atoms with Gasteiger partial charge in [-0.25, -0.2) is 0 Å². The molecule has 6 nitrogen and oxygen atoms in total. The molecule has 0 N–H and O–H groups in total. The third-order valence-electron chi connectivity index (χ3n) is 5.02. The SMILES string of the molecule is CCC(=O)N1C[C@H]2CC[C@@H](C1)N2C/C=C/c1ccc([N+](=O)[O-])cc1. The van der Waals surface area contributed by atoms with Crippen molar-refractivity contribution in [3.63, 3.8) is 0 Å². The van der Waals surface area contributed by atoms with E-state index in [4.69, 9.17) is 0 Å². The molecule has 3 rings (SSSR count). The highest BCUT2D eigenvalue weighted by molar-refractivity contribution is 5.76. The van der Waals surface area contributed by atoms with Gasteiger partial charge in [0.05, 0.1) is 4.92 Å². The van der Waals surface area contributed by atoms with Crippen molar-refractivity contribution >= 4 is 17.7 Å². The number of benzene rings is 1. The summed E-state index contributed by atoms with van der Waals surface area (Å²) < 4.78 is 0. The lowest BCUT2D eigenvalue weighted by atomic mass is 10.1. The fraction of sp³-hybridized carbons (Fsp3) is 0.500. The van der Waals surface area contributed by atoms with E-state index in [-0.39, 0.29) is 16.5 Å². The van der Waals surface area contributed by atoms with Crippen molar-refractivity contribution in [2.75, 3.05) is 19.6 Å². The molecule has 0 spiro atoms. The number of hydrogen-bond donors (Lipinski definition) is 0. The number of nitro benzene ring substituents is 1. The van der Waals surface area contributed by atoms with Crippen LogP contribution in [-0.4, -0.2) is 52.3 Å². The molecule has 1 aromatic rings. The summed E-state index contributed by atoms with van der Waals surface area (Å²) in [6.07, 6.45) is 7.02. The lowest BCUT2D eigenvalue weighted by Gasteiger charge is -2.40. The average molecular weight is 329 g/mol. The van der Waals surface area contributed by atoms with Crippen molar-refractivity contribution in [3.05, 3.63) is 46.0 Å². The van der Waals surface area contributed by atoms with E-state index in [2.05, 4.69) is 11.0 Å². The molecule has 2 saturated heterocycles. The summed E-state index contributed by atoms with van der Waals surface area (Å²) in [5, 5.41) is 10.7. The van der Waals surface area contributed by atoms with Crippen molar-refractivity contribution in [2.24, 2.45) is 0 Å². The predicted octanol–water partition coefficient (Wildman–Crippen LogP) is 2.69. The van der Waals surface area contributed by atoms with Gasteiger partial charge in [-0.3, -0.25) is 19.8 Å². The molecule has 6 heteroatoms. The largest absolute Gasteiger partial charge is 0.340 e. The number of rotatable bonds is 5. The first-order chi connectivity index (χ1) is 11.6. The number of fused-ring (bicyclic) bond motifs is 2. The van der Waals surface area contributed by atoms with Crippen LogP contribution in [0, 0.1) is 10.1 Å². The van der Waals surface area contributed by atoms with Gasteiger partial charge in [0.15, 0.2) is 0 Å². The Labute approximate surface area is 141 Å². The fourth-order valence-electron chi connectivity index (χ4n) is 3.73. The summed E-state index contributed by atoms with van der Waals surface area (Å²) in [4.78, 5) is 26.7. The number of piperazine rings is 1. The van der Waals surface area contributed by atoms with Crippen LogP contribution in [0.15, 0.2) is 30.3 Å². The quantitative estimate of drug-likeness (QED) is 0.615. The van der Waals surface area contributed by atoms with E-state index in [9.17, 15) is 14.9 Å². The van der Waals surface area contributed by atoms with Crippen molar-refractivity contribution in [1.82, 2.24) is 9.80 Å².